The van der Waals surface area contributed by atoms with E-state index in [1.807, 2.05) is 23.1 Å². The van der Waals surface area contributed by atoms with E-state index in [0.29, 0.717) is 5.92 Å². The van der Waals surface area contributed by atoms with E-state index in [2.05, 4.69) is 0 Å². The summed E-state index contributed by atoms with van der Waals surface area (Å²) in [5, 5.41) is 10.4. The Bertz CT molecular complexity index is 640. The Balaban J connectivity index is 1.56. The number of carbonyl (C=O) groups excluding carboxylic acids is 1. The number of rotatable bonds is 4. The van der Waals surface area contributed by atoms with Gasteiger partial charge in [-0.2, -0.15) is 0 Å². The first-order chi connectivity index (χ1) is 12.2. The second-order valence-corrected chi connectivity index (χ2v) is 7.95. The van der Waals surface area contributed by atoms with Gasteiger partial charge in [-0.05, 0) is 68.2 Å². The third-order valence-corrected chi connectivity index (χ3v) is 6.33. The molecule has 0 radical (unpaired) electrons. The summed E-state index contributed by atoms with van der Waals surface area (Å²) >= 11 is 0. The molecule has 25 heavy (non-hydrogen) atoms. The van der Waals surface area contributed by atoms with Crippen molar-refractivity contribution < 1.29 is 14.6 Å². The summed E-state index contributed by atoms with van der Waals surface area (Å²) in [7, 11) is 1.70. The van der Waals surface area contributed by atoms with Crippen molar-refractivity contribution in [2.45, 2.75) is 69.4 Å². The van der Waals surface area contributed by atoms with Gasteiger partial charge in [-0.15, -0.1) is 0 Å². The van der Waals surface area contributed by atoms with Crippen LogP contribution in [0.4, 0.5) is 0 Å². The fourth-order valence-electron chi connectivity index (χ4n) is 4.83. The zero-order valence-electron chi connectivity index (χ0n) is 15.1. The van der Waals surface area contributed by atoms with Crippen molar-refractivity contribution in [2.75, 3.05) is 13.7 Å². The van der Waals surface area contributed by atoms with E-state index in [1.165, 1.54) is 24.8 Å². The highest BCUT2D eigenvalue weighted by Gasteiger charge is 2.39. The van der Waals surface area contributed by atoms with E-state index in [-0.39, 0.29) is 24.0 Å². The first-order valence-electron chi connectivity index (χ1n) is 9.86. The predicted octanol–water partition coefficient (Wildman–Crippen LogP) is 3.73. The molecule has 4 heteroatoms. The van der Waals surface area contributed by atoms with Gasteiger partial charge in [-0.1, -0.05) is 12.8 Å². The average Bonchev–Trinajstić information content (AvgIpc) is 3.38. The van der Waals surface area contributed by atoms with Crippen molar-refractivity contribution in [2.24, 2.45) is 5.92 Å². The van der Waals surface area contributed by atoms with Gasteiger partial charge in [0.1, 0.15) is 5.75 Å². The van der Waals surface area contributed by atoms with Crippen molar-refractivity contribution in [1.29, 1.82) is 0 Å². The van der Waals surface area contributed by atoms with Crippen LogP contribution in [0.3, 0.4) is 0 Å². The number of amides is 1. The highest BCUT2D eigenvalue weighted by molar-refractivity contribution is 5.95. The van der Waals surface area contributed by atoms with Crippen molar-refractivity contribution in [3.63, 3.8) is 0 Å². The topological polar surface area (TPSA) is 49.8 Å². The number of hydrogen-bond acceptors (Lipinski definition) is 3. The highest BCUT2D eigenvalue weighted by Crippen LogP contribution is 2.45. The van der Waals surface area contributed by atoms with Crippen LogP contribution in [-0.2, 0) is 0 Å². The van der Waals surface area contributed by atoms with Crippen molar-refractivity contribution >= 4 is 5.91 Å². The molecule has 1 aromatic rings. The number of benzene rings is 1. The van der Waals surface area contributed by atoms with Gasteiger partial charge in [0.25, 0.3) is 5.91 Å². The van der Waals surface area contributed by atoms with E-state index < -0.39 is 0 Å². The van der Waals surface area contributed by atoms with E-state index in [1.54, 1.807) is 7.11 Å². The number of carbonyl (C=O) groups is 1. The summed E-state index contributed by atoms with van der Waals surface area (Å²) in [6.07, 6.45) is 8.43. The Labute approximate surface area is 150 Å². The molecule has 136 valence electrons. The number of ether oxygens (including phenoxy) is 1. The van der Waals surface area contributed by atoms with Crippen molar-refractivity contribution in [1.82, 2.24) is 4.90 Å². The summed E-state index contributed by atoms with van der Waals surface area (Å²) in [4.78, 5) is 15.2. The molecule has 0 bridgehead atoms. The first-order valence-corrected chi connectivity index (χ1v) is 9.86. The zero-order valence-corrected chi connectivity index (χ0v) is 15.1. The van der Waals surface area contributed by atoms with Crippen molar-refractivity contribution in [3.8, 4) is 5.75 Å². The second-order valence-electron chi connectivity index (χ2n) is 7.95. The molecule has 3 aliphatic rings. The zero-order chi connectivity index (χ0) is 17.4. The van der Waals surface area contributed by atoms with Gasteiger partial charge in [0.05, 0.1) is 13.2 Å². The van der Waals surface area contributed by atoms with Crippen molar-refractivity contribution in [3.05, 3.63) is 29.3 Å². The Hall–Kier alpha value is -1.55. The molecule has 1 saturated heterocycles. The van der Waals surface area contributed by atoms with E-state index >= 15 is 0 Å². The molecule has 1 aliphatic heterocycles. The Morgan fingerprint density at radius 2 is 1.92 bits per heavy atom. The SMILES string of the molecule is COc1ccc(C(=O)N2CCC[C@@H]2[C@H]2CCCC[C@@H]2O)cc1C1CC1. The lowest BCUT2D eigenvalue weighted by atomic mass is 9.80. The van der Waals surface area contributed by atoms with Gasteiger partial charge in [-0.25, -0.2) is 0 Å². The molecule has 0 spiro atoms. The average molecular weight is 343 g/mol. The van der Waals surface area contributed by atoms with Crippen LogP contribution in [0.15, 0.2) is 18.2 Å². The number of likely N-dealkylation sites (tertiary alicyclic amines) is 1. The molecule has 0 unspecified atom stereocenters. The summed E-state index contributed by atoms with van der Waals surface area (Å²) < 4.78 is 5.48. The molecular formula is C21H29NO3. The highest BCUT2D eigenvalue weighted by atomic mass is 16.5. The van der Waals surface area contributed by atoms with Gasteiger partial charge >= 0.3 is 0 Å². The Morgan fingerprint density at radius 1 is 1.12 bits per heavy atom. The van der Waals surface area contributed by atoms with Crippen LogP contribution in [0.1, 0.15) is 73.2 Å². The lowest BCUT2D eigenvalue weighted by Gasteiger charge is -2.37. The van der Waals surface area contributed by atoms with E-state index in [9.17, 15) is 9.90 Å². The second kappa shape index (κ2) is 6.99. The summed E-state index contributed by atoms with van der Waals surface area (Å²) in [5.74, 6) is 1.84. The van der Waals surface area contributed by atoms with Gasteiger partial charge in [0.2, 0.25) is 0 Å². The molecule has 1 N–H and O–H groups in total. The van der Waals surface area contributed by atoms with Gasteiger partial charge in [-0.3, -0.25) is 4.79 Å². The minimum absolute atomic E-state index is 0.129. The molecule has 3 fully saturated rings. The van der Waals surface area contributed by atoms with E-state index in [0.717, 1.165) is 50.0 Å². The Kier molecular flexibility index (Phi) is 4.72. The molecule has 2 aliphatic carbocycles. The number of methoxy groups -OCH3 is 1. The van der Waals surface area contributed by atoms with Gasteiger partial charge in [0.15, 0.2) is 0 Å². The molecule has 1 heterocycles. The molecule has 2 saturated carbocycles. The van der Waals surface area contributed by atoms with E-state index in [4.69, 9.17) is 4.74 Å². The van der Waals surface area contributed by atoms with Crippen LogP contribution in [0.2, 0.25) is 0 Å². The number of aliphatic hydroxyl groups is 1. The molecular weight excluding hydrogens is 314 g/mol. The van der Waals surface area contributed by atoms with Crippen LogP contribution in [0.25, 0.3) is 0 Å². The molecule has 3 atom stereocenters. The maximum Gasteiger partial charge on any atom is 0.254 e. The molecule has 1 amide bonds. The summed E-state index contributed by atoms with van der Waals surface area (Å²) in [5.41, 5.74) is 1.96. The number of aliphatic hydroxyl groups excluding tert-OH is 1. The maximum atomic E-state index is 13.2. The number of hydrogen-bond donors (Lipinski definition) is 1. The fraction of sp³-hybridized carbons (Fsp3) is 0.667. The lowest BCUT2D eigenvalue weighted by Crippen LogP contribution is -2.45. The molecule has 4 rings (SSSR count). The Morgan fingerprint density at radius 3 is 2.64 bits per heavy atom. The molecule has 4 nitrogen and oxygen atoms in total. The third kappa shape index (κ3) is 3.29. The largest absolute Gasteiger partial charge is 0.496 e. The maximum absolute atomic E-state index is 13.2. The summed E-state index contributed by atoms with van der Waals surface area (Å²) in [6, 6.07) is 6.10. The number of nitrogens with zero attached hydrogens (tertiary/aromatic N) is 1. The predicted molar refractivity (Wildman–Crippen MR) is 97.0 cm³/mol. The minimum Gasteiger partial charge on any atom is -0.496 e. The van der Waals surface area contributed by atoms with Crippen LogP contribution in [0, 0.1) is 5.92 Å². The standard InChI is InChI=1S/C21H29NO3/c1-25-20-11-10-15(13-17(20)14-8-9-14)21(24)22-12-4-6-18(22)16-5-2-3-7-19(16)23/h10-11,13-14,16,18-19,23H,2-9,12H2,1H3/t16-,18-,19+/m1/s1. The van der Waals surface area contributed by atoms with Crippen LogP contribution in [0.5, 0.6) is 5.75 Å². The summed E-state index contributed by atoms with van der Waals surface area (Å²) in [6.45, 7) is 0.817. The normalized spacial score (nSPS) is 29.7. The molecule has 1 aromatic carbocycles. The minimum atomic E-state index is -0.245. The lowest BCUT2D eigenvalue weighted by molar-refractivity contribution is 0.0211. The van der Waals surface area contributed by atoms with Gasteiger partial charge < -0.3 is 14.7 Å². The monoisotopic (exact) mass is 343 g/mol. The van der Waals surface area contributed by atoms with Crippen LogP contribution >= 0.6 is 0 Å². The fourth-order valence-corrected chi connectivity index (χ4v) is 4.83. The van der Waals surface area contributed by atoms with Crippen LogP contribution in [-0.4, -0.2) is 41.7 Å². The third-order valence-electron chi connectivity index (χ3n) is 6.33. The smallest absolute Gasteiger partial charge is 0.254 e. The first kappa shape index (κ1) is 16.9. The quantitative estimate of drug-likeness (QED) is 0.906. The van der Waals surface area contributed by atoms with Crippen LogP contribution < -0.4 is 4.74 Å². The molecule has 0 aromatic heterocycles. The van der Waals surface area contributed by atoms with Gasteiger partial charge in [0, 0.05) is 24.1 Å².